The van der Waals surface area contributed by atoms with Gasteiger partial charge in [-0.1, -0.05) is 0 Å². The van der Waals surface area contributed by atoms with Crippen molar-refractivity contribution >= 4 is 15.9 Å². The number of piperazine rings is 1. The monoisotopic (exact) mass is 385 g/mol. The minimum atomic E-state index is -3.67. The van der Waals surface area contributed by atoms with E-state index in [4.69, 9.17) is 0 Å². The van der Waals surface area contributed by atoms with E-state index in [9.17, 15) is 22.7 Å². The fraction of sp³-hybridized carbons (Fsp3) is 0.588. The van der Waals surface area contributed by atoms with Crippen LogP contribution in [0.2, 0.25) is 0 Å². The first-order chi connectivity index (χ1) is 12.4. The molecule has 1 amide bonds. The number of nitrogens with zero attached hydrogens (tertiary/aromatic N) is 3. The number of halogens is 1. The highest BCUT2D eigenvalue weighted by atomic mass is 32.2. The molecule has 1 N–H and O–H groups in total. The summed E-state index contributed by atoms with van der Waals surface area (Å²) in [6.07, 6.45) is 1.08. The predicted octanol–water partition coefficient (Wildman–Crippen LogP) is 0.115. The van der Waals surface area contributed by atoms with E-state index < -0.39 is 15.8 Å². The fourth-order valence-electron chi connectivity index (χ4n) is 3.30. The number of carbonyl (C=O) groups is 1. The van der Waals surface area contributed by atoms with E-state index in [1.54, 1.807) is 4.90 Å². The fourth-order valence-corrected chi connectivity index (χ4v) is 4.72. The van der Waals surface area contributed by atoms with Crippen molar-refractivity contribution in [1.29, 1.82) is 0 Å². The average Bonchev–Trinajstić information content (AvgIpc) is 2.64. The van der Waals surface area contributed by atoms with Gasteiger partial charge >= 0.3 is 0 Å². The summed E-state index contributed by atoms with van der Waals surface area (Å²) < 4.78 is 39.5. The van der Waals surface area contributed by atoms with Crippen molar-refractivity contribution in [3.63, 3.8) is 0 Å². The average molecular weight is 385 g/mol. The minimum absolute atomic E-state index is 0.0137. The van der Waals surface area contributed by atoms with Crippen molar-refractivity contribution in [3.05, 3.63) is 30.1 Å². The van der Waals surface area contributed by atoms with Crippen molar-refractivity contribution in [2.45, 2.75) is 23.8 Å². The molecule has 2 saturated heterocycles. The molecule has 7 nitrogen and oxygen atoms in total. The highest BCUT2D eigenvalue weighted by molar-refractivity contribution is 7.89. The van der Waals surface area contributed by atoms with Crippen LogP contribution in [0, 0.1) is 5.82 Å². The molecule has 0 bridgehead atoms. The SMILES string of the molecule is O=C(CN1CCC(O)CC1)N1CCN(S(=O)(=O)c2ccc(F)cc2)CC1. The second-order valence-corrected chi connectivity index (χ2v) is 8.68. The predicted molar refractivity (Wildman–Crippen MR) is 93.4 cm³/mol. The number of hydrogen-bond donors (Lipinski definition) is 1. The lowest BCUT2D eigenvalue weighted by Crippen LogP contribution is -2.53. The topological polar surface area (TPSA) is 81.2 Å². The summed E-state index contributed by atoms with van der Waals surface area (Å²) in [6.45, 7) is 2.84. The van der Waals surface area contributed by atoms with Crippen LogP contribution in [0.15, 0.2) is 29.2 Å². The van der Waals surface area contributed by atoms with Gasteiger partial charge in [0.05, 0.1) is 17.5 Å². The van der Waals surface area contributed by atoms with E-state index >= 15 is 0 Å². The summed E-state index contributed by atoms with van der Waals surface area (Å²) in [5.74, 6) is -0.496. The maximum absolute atomic E-state index is 13.0. The molecule has 26 heavy (non-hydrogen) atoms. The first-order valence-electron chi connectivity index (χ1n) is 8.80. The van der Waals surface area contributed by atoms with Gasteiger partial charge in [0.15, 0.2) is 0 Å². The summed E-state index contributed by atoms with van der Waals surface area (Å²) >= 11 is 0. The van der Waals surface area contributed by atoms with Gasteiger partial charge in [0.25, 0.3) is 0 Å². The second-order valence-electron chi connectivity index (χ2n) is 6.75. The summed E-state index contributed by atoms with van der Waals surface area (Å²) in [7, 11) is -3.67. The van der Waals surface area contributed by atoms with E-state index in [-0.39, 0.29) is 30.0 Å². The van der Waals surface area contributed by atoms with Gasteiger partial charge in [-0.25, -0.2) is 12.8 Å². The molecular weight excluding hydrogens is 361 g/mol. The molecule has 2 aliphatic heterocycles. The van der Waals surface area contributed by atoms with E-state index in [2.05, 4.69) is 0 Å². The Morgan fingerprint density at radius 2 is 1.62 bits per heavy atom. The highest BCUT2D eigenvalue weighted by Crippen LogP contribution is 2.18. The number of carbonyl (C=O) groups excluding carboxylic acids is 1. The van der Waals surface area contributed by atoms with Gasteiger partial charge in [0, 0.05) is 39.3 Å². The van der Waals surface area contributed by atoms with Crippen LogP contribution < -0.4 is 0 Å². The minimum Gasteiger partial charge on any atom is -0.393 e. The Hall–Kier alpha value is -1.55. The van der Waals surface area contributed by atoms with Crippen molar-refractivity contribution in [1.82, 2.24) is 14.1 Å². The second kappa shape index (κ2) is 7.99. The molecule has 0 radical (unpaired) electrons. The highest BCUT2D eigenvalue weighted by Gasteiger charge is 2.31. The van der Waals surface area contributed by atoms with Gasteiger partial charge in [-0.2, -0.15) is 4.31 Å². The van der Waals surface area contributed by atoms with E-state index in [0.717, 1.165) is 12.1 Å². The zero-order valence-corrected chi connectivity index (χ0v) is 15.4. The van der Waals surface area contributed by atoms with Crippen molar-refractivity contribution in [2.75, 3.05) is 45.8 Å². The van der Waals surface area contributed by atoms with Crippen molar-refractivity contribution in [2.24, 2.45) is 0 Å². The Kier molecular flexibility index (Phi) is 5.91. The summed E-state index contributed by atoms with van der Waals surface area (Å²) in [4.78, 5) is 16.2. The van der Waals surface area contributed by atoms with E-state index in [1.165, 1.54) is 16.4 Å². The molecule has 1 aromatic rings. The van der Waals surface area contributed by atoms with Crippen LogP contribution in [-0.2, 0) is 14.8 Å². The van der Waals surface area contributed by atoms with Gasteiger partial charge in [-0.05, 0) is 37.1 Å². The Morgan fingerprint density at radius 3 is 2.19 bits per heavy atom. The number of piperidine rings is 1. The van der Waals surface area contributed by atoms with Gasteiger partial charge in [-0.15, -0.1) is 0 Å². The van der Waals surface area contributed by atoms with Crippen LogP contribution in [0.3, 0.4) is 0 Å². The summed E-state index contributed by atoms with van der Waals surface area (Å²) in [5.41, 5.74) is 0. The number of hydrogen-bond acceptors (Lipinski definition) is 5. The quantitative estimate of drug-likeness (QED) is 0.796. The number of likely N-dealkylation sites (tertiary alicyclic amines) is 1. The smallest absolute Gasteiger partial charge is 0.243 e. The van der Waals surface area contributed by atoms with E-state index in [1.807, 2.05) is 4.90 Å². The van der Waals surface area contributed by atoms with Gasteiger partial charge in [0.2, 0.25) is 15.9 Å². The molecule has 2 heterocycles. The first kappa shape index (κ1) is 19.2. The maximum Gasteiger partial charge on any atom is 0.243 e. The molecule has 2 aliphatic rings. The summed E-state index contributed by atoms with van der Waals surface area (Å²) in [5, 5.41) is 9.52. The number of aliphatic hydroxyl groups is 1. The number of amides is 1. The lowest BCUT2D eigenvalue weighted by molar-refractivity contribution is -0.134. The van der Waals surface area contributed by atoms with Crippen LogP contribution >= 0.6 is 0 Å². The Morgan fingerprint density at radius 1 is 1.04 bits per heavy atom. The number of sulfonamides is 1. The molecule has 0 unspecified atom stereocenters. The van der Waals surface area contributed by atoms with Gasteiger partial charge in [-0.3, -0.25) is 9.69 Å². The molecule has 0 aliphatic carbocycles. The molecular formula is C17H24FN3O4S. The van der Waals surface area contributed by atoms with Gasteiger partial charge < -0.3 is 10.0 Å². The molecule has 2 fully saturated rings. The largest absolute Gasteiger partial charge is 0.393 e. The first-order valence-corrected chi connectivity index (χ1v) is 10.2. The van der Waals surface area contributed by atoms with Gasteiger partial charge in [0.1, 0.15) is 5.82 Å². The Labute approximate surface area is 153 Å². The maximum atomic E-state index is 13.0. The molecule has 0 aromatic heterocycles. The normalized spacial score (nSPS) is 21.1. The third-order valence-electron chi connectivity index (χ3n) is 4.96. The molecule has 0 saturated carbocycles. The molecule has 1 aromatic carbocycles. The summed E-state index contributed by atoms with van der Waals surface area (Å²) in [6, 6.07) is 4.77. The van der Waals surface area contributed by atoms with Crippen LogP contribution in [0.1, 0.15) is 12.8 Å². The molecule has 9 heteroatoms. The zero-order valence-electron chi connectivity index (χ0n) is 14.6. The lowest BCUT2D eigenvalue weighted by Gasteiger charge is -2.36. The lowest BCUT2D eigenvalue weighted by atomic mass is 10.1. The van der Waals surface area contributed by atoms with Crippen LogP contribution in [0.5, 0.6) is 0 Å². The number of rotatable bonds is 4. The number of benzene rings is 1. The molecule has 0 spiro atoms. The van der Waals surface area contributed by atoms with Crippen molar-refractivity contribution in [3.8, 4) is 0 Å². The third-order valence-corrected chi connectivity index (χ3v) is 6.87. The third kappa shape index (κ3) is 4.40. The van der Waals surface area contributed by atoms with Crippen LogP contribution in [0.25, 0.3) is 0 Å². The number of aliphatic hydroxyl groups excluding tert-OH is 1. The van der Waals surface area contributed by atoms with Crippen LogP contribution in [-0.4, -0.2) is 85.5 Å². The Bertz CT molecular complexity index is 725. The standard InChI is InChI=1S/C17H24FN3O4S/c18-14-1-3-16(4-2-14)26(24,25)21-11-9-20(10-12-21)17(23)13-19-7-5-15(22)6-8-19/h1-4,15,22H,5-13H2. The zero-order chi connectivity index (χ0) is 18.7. The van der Waals surface area contributed by atoms with E-state index in [0.29, 0.717) is 45.6 Å². The van der Waals surface area contributed by atoms with Crippen LogP contribution in [0.4, 0.5) is 4.39 Å². The molecule has 3 rings (SSSR count). The molecule has 144 valence electrons. The Balaban J connectivity index is 1.53. The molecule has 0 atom stereocenters. The van der Waals surface area contributed by atoms with Crippen molar-refractivity contribution < 1.29 is 22.7 Å².